The molecule has 1 atom stereocenters. The van der Waals surface area contributed by atoms with Crippen molar-refractivity contribution in [3.63, 3.8) is 0 Å². The molecule has 1 unspecified atom stereocenters. The number of aryl methyl sites for hydroxylation is 2. The third kappa shape index (κ3) is 3.39. The summed E-state index contributed by atoms with van der Waals surface area (Å²) in [6, 6.07) is 7.69. The molecule has 0 bridgehead atoms. The summed E-state index contributed by atoms with van der Waals surface area (Å²) in [5.74, 6) is 1.49. The Morgan fingerprint density at radius 2 is 2.12 bits per heavy atom. The number of para-hydroxylation sites is 1. The number of amides is 1. The molecule has 3 rings (SSSR count). The molecule has 130 valence electrons. The van der Waals surface area contributed by atoms with E-state index in [0.717, 1.165) is 17.9 Å². The standard InChI is InChI=1S/C17H21N3O3.ClH/c1-11-16(23-12(2)19-11)17(21)20-9-8-18-10-14(20)13-6-4-5-7-15(13)22-3;/h4-7,14,18H,8-10H2,1-3H3;1H. The van der Waals surface area contributed by atoms with Crippen LogP contribution in [0.2, 0.25) is 0 Å². The summed E-state index contributed by atoms with van der Waals surface area (Å²) in [5, 5.41) is 3.35. The van der Waals surface area contributed by atoms with Crippen molar-refractivity contribution < 1.29 is 13.9 Å². The molecule has 1 aromatic carbocycles. The molecule has 0 aliphatic carbocycles. The van der Waals surface area contributed by atoms with Gasteiger partial charge in [0, 0.05) is 32.1 Å². The summed E-state index contributed by atoms with van der Waals surface area (Å²) < 4.78 is 11.0. The lowest BCUT2D eigenvalue weighted by molar-refractivity contribution is 0.0596. The monoisotopic (exact) mass is 351 g/mol. The Balaban J connectivity index is 0.00000208. The van der Waals surface area contributed by atoms with Crippen LogP contribution in [-0.2, 0) is 0 Å². The SMILES string of the molecule is COc1ccccc1C1CNCCN1C(=O)c1oc(C)nc1C.Cl. The molecule has 0 saturated carbocycles. The van der Waals surface area contributed by atoms with Crippen molar-refractivity contribution in [2.24, 2.45) is 0 Å². The minimum atomic E-state index is -0.125. The fourth-order valence-corrected chi connectivity index (χ4v) is 3.03. The molecular weight excluding hydrogens is 330 g/mol. The number of hydrogen-bond donors (Lipinski definition) is 1. The van der Waals surface area contributed by atoms with Gasteiger partial charge in [-0.2, -0.15) is 0 Å². The predicted molar refractivity (Wildman–Crippen MR) is 92.9 cm³/mol. The van der Waals surface area contributed by atoms with Crippen LogP contribution in [0, 0.1) is 13.8 Å². The fourth-order valence-electron chi connectivity index (χ4n) is 3.03. The number of ether oxygens (including phenoxy) is 1. The Bertz CT molecular complexity index is 717. The van der Waals surface area contributed by atoms with Gasteiger partial charge in [0.1, 0.15) is 5.75 Å². The number of piperazine rings is 1. The summed E-state index contributed by atoms with van der Waals surface area (Å²) in [5.41, 5.74) is 1.62. The first-order valence-corrected chi connectivity index (χ1v) is 7.70. The van der Waals surface area contributed by atoms with E-state index in [4.69, 9.17) is 9.15 Å². The zero-order valence-electron chi connectivity index (χ0n) is 14.0. The van der Waals surface area contributed by atoms with Crippen molar-refractivity contribution >= 4 is 18.3 Å². The first kappa shape index (κ1) is 18.3. The number of halogens is 1. The van der Waals surface area contributed by atoms with Gasteiger partial charge in [0.15, 0.2) is 5.89 Å². The van der Waals surface area contributed by atoms with E-state index < -0.39 is 0 Å². The smallest absolute Gasteiger partial charge is 0.292 e. The number of rotatable bonds is 3. The molecule has 1 aliphatic rings. The maximum atomic E-state index is 12.9. The largest absolute Gasteiger partial charge is 0.496 e. The first-order valence-electron chi connectivity index (χ1n) is 7.70. The van der Waals surface area contributed by atoms with Crippen molar-refractivity contribution in [2.45, 2.75) is 19.9 Å². The molecule has 24 heavy (non-hydrogen) atoms. The molecule has 2 heterocycles. The van der Waals surface area contributed by atoms with Gasteiger partial charge >= 0.3 is 0 Å². The molecule has 7 heteroatoms. The van der Waals surface area contributed by atoms with Crippen LogP contribution in [0.1, 0.15) is 33.7 Å². The van der Waals surface area contributed by atoms with Gasteiger partial charge in [-0.25, -0.2) is 4.98 Å². The maximum absolute atomic E-state index is 12.9. The van der Waals surface area contributed by atoms with E-state index in [2.05, 4.69) is 10.3 Å². The molecule has 2 aromatic rings. The van der Waals surface area contributed by atoms with Crippen molar-refractivity contribution in [2.75, 3.05) is 26.7 Å². The van der Waals surface area contributed by atoms with Crippen molar-refractivity contribution in [1.29, 1.82) is 0 Å². The van der Waals surface area contributed by atoms with E-state index in [-0.39, 0.29) is 24.4 Å². The average molecular weight is 352 g/mol. The summed E-state index contributed by atoms with van der Waals surface area (Å²) in [6.07, 6.45) is 0. The third-order valence-corrected chi connectivity index (χ3v) is 4.10. The lowest BCUT2D eigenvalue weighted by Gasteiger charge is -2.36. The van der Waals surface area contributed by atoms with E-state index >= 15 is 0 Å². The lowest BCUT2D eigenvalue weighted by Crippen LogP contribution is -2.48. The van der Waals surface area contributed by atoms with Gasteiger partial charge in [-0.1, -0.05) is 18.2 Å². The Kier molecular flexibility index (Phi) is 5.85. The van der Waals surface area contributed by atoms with Crippen molar-refractivity contribution in [3.8, 4) is 5.75 Å². The molecule has 0 radical (unpaired) electrons. The average Bonchev–Trinajstić information content (AvgIpc) is 2.92. The molecule has 1 aliphatic heterocycles. The number of oxazole rings is 1. The van der Waals surface area contributed by atoms with Gasteiger partial charge in [-0.05, 0) is 13.0 Å². The van der Waals surface area contributed by atoms with E-state index in [1.165, 1.54) is 0 Å². The number of nitrogens with one attached hydrogen (secondary N) is 1. The Labute approximate surface area is 147 Å². The summed E-state index contributed by atoms with van der Waals surface area (Å²) in [6.45, 7) is 5.59. The molecule has 1 saturated heterocycles. The molecule has 0 spiro atoms. The van der Waals surface area contributed by atoms with Crippen LogP contribution < -0.4 is 10.1 Å². The van der Waals surface area contributed by atoms with Gasteiger partial charge < -0.3 is 19.4 Å². The fraction of sp³-hybridized carbons (Fsp3) is 0.412. The quantitative estimate of drug-likeness (QED) is 0.920. The van der Waals surface area contributed by atoms with E-state index in [1.807, 2.05) is 29.2 Å². The van der Waals surface area contributed by atoms with E-state index in [9.17, 15) is 4.79 Å². The first-order chi connectivity index (χ1) is 11.1. The molecular formula is C17H22ClN3O3. The van der Waals surface area contributed by atoms with Gasteiger partial charge in [0.05, 0.1) is 18.8 Å². The van der Waals surface area contributed by atoms with Crippen molar-refractivity contribution in [1.82, 2.24) is 15.2 Å². The molecule has 6 nitrogen and oxygen atoms in total. The summed E-state index contributed by atoms with van der Waals surface area (Å²) in [4.78, 5) is 19.0. The number of hydrogen-bond acceptors (Lipinski definition) is 5. The number of nitrogens with zero attached hydrogens (tertiary/aromatic N) is 2. The number of benzene rings is 1. The molecule has 1 amide bonds. The zero-order chi connectivity index (χ0) is 16.4. The van der Waals surface area contributed by atoms with Gasteiger partial charge in [-0.15, -0.1) is 12.4 Å². The number of aromatic nitrogens is 1. The predicted octanol–water partition coefficient (Wildman–Crippen LogP) is 2.51. The molecule has 1 fully saturated rings. The summed E-state index contributed by atoms with van der Waals surface area (Å²) >= 11 is 0. The highest BCUT2D eigenvalue weighted by Crippen LogP contribution is 2.31. The number of carbonyl (C=O) groups excluding carboxylic acids is 1. The second-order valence-electron chi connectivity index (χ2n) is 5.61. The maximum Gasteiger partial charge on any atom is 0.292 e. The lowest BCUT2D eigenvalue weighted by atomic mass is 10.0. The minimum Gasteiger partial charge on any atom is -0.496 e. The molecule has 1 aromatic heterocycles. The van der Waals surface area contributed by atoms with Crippen LogP contribution in [0.15, 0.2) is 28.7 Å². The second kappa shape index (κ2) is 7.68. The third-order valence-electron chi connectivity index (χ3n) is 4.10. The topological polar surface area (TPSA) is 67.6 Å². The van der Waals surface area contributed by atoms with E-state index in [0.29, 0.717) is 30.4 Å². The number of carbonyl (C=O) groups is 1. The minimum absolute atomic E-state index is 0. The second-order valence-corrected chi connectivity index (χ2v) is 5.61. The van der Waals surface area contributed by atoms with Crippen LogP contribution in [-0.4, -0.2) is 42.5 Å². The number of methoxy groups -OCH3 is 1. The Morgan fingerprint density at radius 3 is 2.79 bits per heavy atom. The van der Waals surface area contributed by atoms with Crippen LogP contribution in [0.25, 0.3) is 0 Å². The van der Waals surface area contributed by atoms with Gasteiger partial charge in [-0.3, -0.25) is 4.79 Å². The van der Waals surface area contributed by atoms with Crippen LogP contribution >= 0.6 is 12.4 Å². The Morgan fingerprint density at radius 1 is 1.38 bits per heavy atom. The normalized spacial score (nSPS) is 17.3. The Hall–Kier alpha value is -2.05. The highest BCUT2D eigenvalue weighted by atomic mass is 35.5. The highest BCUT2D eigenvalue weighted by molar-refractivity contribution is 5.93. The zero-order valence-corrected chi connectivity index (χ0v) is 14.9. The van der Waals surface area contributed by atoms with E-state index in [1.54, 1.807) is 21.0 Å². The highest BCUT2D eigenvalue weighted by Gasteiger charge is 2.33. The molecule has 1 N–H and O–H groups in total. The van der Waals surface area contributed by atoms with Crippen LogP contribution in [0.5, 0.6) is 5.75 Å². The van der Waals surface area contributed by atoms with Gasteiger partial charge in [0.2, 0.25) is 5.76 Å². The van der Waals surface area contributed by atoms with Crippen LogP contribution in [0.4, 0.5) is 0 Å². The van der Waals surface area contributed by atoms with Crippen molar-refractivity contribution in [3.05, 3.63) is 47.2 Å². The van der Waals surface area contributed by atoms with Gasteiger partial charge in [0.25, 0.3) is 5.91 Å². The van der Waals surface area contributed by atoms with Crippen LogP contribution in [0.3, 0.4) is 0 Å². The summed E-state index contributed by atoms with van der Waals surface area (Å²) in [7, 11) is 1.64.